The van der Waals surface area contributed by atoms with Crippen LogP contribution in [0.5, 0.6) is 5.75 Å². The van der Waals surface area contributed by atoms with Gasteiger partial charge in [-0.2, -0.15) is 0 Å². The molecule has 0 aliphatic heterocycles. The highest BCUT2D eigenvalue weighted by atomic mass is 19.1. The minimum Gasteiger partial charge on any atom is -0.490 e. The number of halogens is 1. The first kappa shape index (κ1) is 13.3. The number of nitrogens with two attached hydrogens (primary N) is 1. The smallest absolute Gasteiger partial charge is 0.126 e. The van der Waals surface area contributed by atoms with Gasteiger partial charge in [-0.3, -0.25) is 0 Å². The summed E-state index contributed by atoms with van der Waals surface area (Å²) in [4.78, 5) is 0. The van der Waals surface area contributed by atoms with Crippen LogP contribution >= 0.6 is 0 Å². The Morgan fingerprint density at radius 3 is 2.56 bits per heavy atom. The predicted molar refractivity (Wildman–Crippen MR) is 71.2 cm³/mol. The van der Waals surface area contributed by atoms with Gasteiger partial charge in [0.1, 0.15) is 11.6 Å². The zero-order valence-corrected chi connectivity index (χ0v) is 11.2. The van der Waals surface area contributed by atoms with Crippen LogP contribution in [0.15, 0.2) is 12.1 Å². The minimum atomic E-state index is -0.210. The second-order valence-electron chi connectivity index (χ2n) is 5.31. The van der Waals surface area contributed by atoms with E-state index in [1.54, 1.807) is 13.0 Å². The maximum absolute atomic E-state index is 13.6. The van der Waals surface area contributed by atoms with Gasteiger partial charge in [-0.25, -0.2) is 4.39 Å². The summed E-state index contributed by atoms with van der Waals surface area (Å²) in [5.74, 6) is 0.550. The monoisotopic (exact) mass is 251 g/mol. The molecule has 2 nitrogen and oxygen atoms in total. The molecule has 1 aliphatic carbocycles. The molecule has 100 valence electrons. The normalized spacial score (nSPS) is 18.7. The zero-order valence-electron chi connectivity index (χ0n) is 11.2. The average Bonchev–Trinajstić information content (AvgIpc) is 2.34. The first-order valence-electron chi connectivity index (χ1n) is 6.80. The van der Waals surface area contributed by atoms with Crippen LogP contribution in [0.2, 0.25) is 0 Å². The zero-order chi connectivity index (χ0) is 13.1. The van der Waals surface area contributed by atoms with E-state index in [4.69, 9.17) is 10.5 Å². The molecule has 0 radical (unpaired) electrons. The molecule has 0 saturated heterocycles. The minimum absolute atomic E-state index is 0.210. The Bertz CT molecular complexity index is 411. The van der Waals surface area contributed by atoms with Crippen LogP contribution < -0.4 is 10.5 Å². The third kappa shape index (κ3) is 3.02. The fraction of sp³-hybridized carbons (Fsp3) is 0.600. The summed E-state index contributed by atoms with van der Waals surface area (Å²) in [5.41, 5.74) is 7.28. The lowest BCUT2D eigenvalue weighted by Gasteiger charge is -2.25. The summed E-state index contributed by atoms with van der Waals surface area (Å²) < 4.78 is 19.6. The molecule has 0 spiro atoms. The van der Waals surface area contributed by atoms with Crippen molar-refractivity contribution in [1.82, 2.24) is 0 Å². The van der Waals surface area contributed by atoms with Gasteiger partial charge in [0.15, 0.2) is 0 Å². The molecule has 0 aromatic heterocycles. The first-order valence-corrected chi connectivity index (χ1v) is 6.80. The lowest BCUT2D eigenvalue weighted by atomic mass is 9.97. The van der Waals surface area contributed by atoms with E-state index in [1.165, 1.54) is 25.3 Å². The van der Waals surface area contributed by atoms with Crippen molar-refractivity contribution in [3.63, 3.8) is 0 Å². The Labute approximate surface area is 108 Å². The van der Waals surface area contributed by atoms with E-state index in [1.807, 2.05) is 6.92 Å². The van der Waals surface area contributed by atoms with Crippen molar-refractivity contribution in [2.75, 3.05) is 0 Å². The van der Waals surface area contributed by atoms with Crippen molar-refractivity contribution in [3.8, 4) is 5.75 Å². The number of benzene rings is 1. The Balaban J connectivity index is 2.21. The van der Waals surface area contributed by atoms with Crippen molar-refractivity contribution in [2.45, 2.75) is 58.1 Å². The van der Waals surface area contributed by atoms with Crippen molar-refractivity contribution in [3.05, 3.63) is 29.1 Å². The molecule has 0 bridgehead atoms. The molecule has 1 atom stereocenters. The van der Waals surface area contributed by atoms with E-state index in [9.17, 15) is 4.39 Å². The number of hydrogen-bond donors (Lipinski definition) is 1. The second kappa shape index (κ2) is 5.70. The Morgan fingerprint density at radius 1 is 1.28 bits per heavy atom. The highest BCUT2D eigenvalue weighted by Gasteiger charge is 2.18. The first-order chi connectivity index (χ1) is 8.58. The standard InChI is InChI=1S/C15H22FNO/c1-10-8-15(13(11(2)17)9-14(10)16)18-12-6-4-3-5-7-12/h8-9,11-12H,3-7,17H2,1-2H3/t11-/m1/s1. The van der Waals surface area contributed by atoms with Crippen LogP contribution in [-0.2, 0) is 0 Å². The van der Waals surface area contributed by atoms with Crippen LogP contribution in [-0.4, -0.2) is 6.10 Å². The SMILES string of the molecule is Cc1cc(OC2CCCCC2)c([C@@H](C)N)cc1F. The van der Waals surface area contributed by atoms with Gasteiger partial charge < -0.3 is 10.5 Å². The summed E-state index contributed by atoms with van der Waals surface area (Å²) >= 11 is 0. The molecule has 0 heterocycles. The second-order valence-corrected chi connectivity index (χ2v) is 5.31. The van der Waals surface area contributed by atoms with Crippen LogP contribution in [0.25, 0.3) is 0 Å². The molecular formula is C15H22FNO. The predicted octanol–water partition coefficient (Wildman–Crippen LogP) is 3.87. The van der Waals surface area contributed by atoms with Gasteiger partial charge in [-0.05, 0) is 57.2 Å². The lowest BCUT2D eigenvalue weighted by Crippen LogP contribution is -2.21. The fourth-order valence-corrected chi connectivity index (χ4v) is 2.49. The van der Waals surface area contributed by atoms with Gasteiger partial charge in [0, 0.05) is 11.6 Å². The Hall–Kier alpha value is -1.09. The van der Waals surface area contributed by atoms with Crippen LogP contribution in [0.4, 0.5) is 4.39 Å². The molecule has 2 rings (SSSR count). The van der Waals surface area contributed by atoms with Crippen LogP contribution in [0.3, 0.4) is 0 Å². The quantitative estimate of drug-likeness (QED) is 0.885. The van der Waals surface area contributed by atoms with Gasteiger partial charge >= 0.3 is 0 Å². The van der Waals surface area contributed by atoms with E-state index < -0.39 is 0 Å². The fourth-order valence-electron chi connectivity index (χ4n) is 2.49. The van der Waals surface area contributed by atoms with Crippen molar-refractivity contribution in [1.29, 1.82) is 0 Å². The molecule has 1 aromatic rings. The summed E-state index contributed by atoms with van der Waals surface area (Å²) in [6.07, 6.45) is 6.18. The number of hydrogen-bond acceptors (Lipinski definition) is 2. The lowest BCUT2D eigenvalue weighted by molar-refractivity contribution is 0.153. The Kier molecular flexibility index (Phi) is 4.23. The molecule has 1 saturated carbocycles. The molecule has 3 heteroatoms. The molecule has 0 unspecified atom stereocenters. The summed E-state index contributed by atoms with van der Waals surface area (Å²) in [6, 6.07) is 3.08. The third-order valence-corrected chi connectivity index (χ3v) is 3.63. The van der Waals surface area contributed by atoms with Crippen LogP contribution in [0, 0.1) is 12.7 Å². The van der Waals surface area contributed by atoms with Crippen molar-refractivity contribution < 1.29 is 9.13 Å². The summed E-state index contributed by atoms with van der Waals surface area (Å²) in [5, 5.41) is 0. The van der Waals surface area contributed by atoms with Gasteiger partial charge in [0.05, 0.1) is 6.10 Å². The number of aryl methyl sites for hydroxylation is 1. The maximum Gasteiger partial charge on any atom is 0.126 e. The van der Waals surface area contributed by atoms with Gasteiger partial charge in [-0.15, -0.1) is 0 Å². The molecule has 18 heavy (non-hydrogen) atoms. The van der Waals surface area contributed by atoms with Crippen molar-refractivity contribution >= 4 is 0 Å². The summed E-state index contributed by atoms with van der Waals surface area (Å²) in [6.45, 7) is 3.62. The third-order valence-electron chi connectivity index (χ3n) is 3.63. The van der Waals surface area contributed by atoms with E-state index in [2.05, 4.69) is 0 Å². The van der Waals surface area contributed by atoms with E-state index in [0.717, 1.165) is 24.2 Å². The van der Waals surface area contributed by atoms with Crippen molar-refractivity contribution in [2.24, 2.45) is 5.73 Å². The molecular weight excluding hydrogens is 229 g/mol. The summed E-state index contributed by atoms with van der Waals surface area (Å²) in [7, 11) is 0. The van der Waals surface area contributed by atoms with Gasteiger partial charge in [0.2, 0.25) is 0 Å². The molecule has 1 aliphatic rings. The van der Waals surface area contributed by atoms with Gasteiger partial charge in [0.25, 0.3) is 0 Å². The Morgan fingerprint density at radius 2 is 1.94 bits per heavy atom. The maximum atomic E-state index is 13.6. The largest absolute Gasteiger partial charge is 0.490 e. The number of rotatable bonds is 3. The highest BCUT2D eigenvalue weighted by molar-refractivity contribution is 5.40. The highest BCUT2D eigenvalue weighted by Crippen LogP contribution is 2.30. The molecule has 1 aromatic carbocycles. The van der Waals surface area contributed by atoms with E-state index in [-0.39, 0.29) is 18.0 Å². The molecule has 2 N–H and O–H groups in total. The van der Waals surface area contributed by atoms with E-state index >= 15 is 0 Å². The van der Waals surface area contributed by atoms with Crippen LogP contribution in [0.1, 0.15) is 56.2 Å². The average molecular weight is 251 g/mol. The number of ether oxygens (including phenoxy) is 1. The molecule has 0 amide bonds. The molecule has 1 fully saturated rings. The van der Waals surface area contributed by atoms with E-state index in [0.29, 0.717) is 5.56 Å². The topological polar surface area (TPSA) is 35.2 Å². The van der Waals surface area contributed by atoms with Gasteiger partial charge in [-0.1, -0.05) is 6.42 Å².